The zero-order valence-corrected chi connectivity index (χ0v) is 8.73. The Hall–Kier alpha value is -0.680. The van der Waals surface area contributed by atoms with Crippen molar-refractivity contribution in [2.24, 2.45) is 5.92 Å². The normalized spacial score (nSPS) is 27.9. The molecule has 1 rings (SSSR count). The first-order valence-corrected chi connectivity index (χ1v) is 5.31. The van der Waals surface area contributed by atoms with Gasteiger partial charge in [0.15, 0.2) is 0 Å². The van der Waals surface area contributed by atoms with E-state index in [4.69, 9.17) is 5.11 Å². The van der Waals surface area contributed by atoms with Crippen LogP contribution < -0.4 is 0 Å². The summed E-state index contributed by atoms with van der Waals surface area (Å²) < 4.78 is 12.2. The number of hydrogen-bond donors (Lipinski definition) is 2. The molecule has 1 heterocycles. The molecule has 0 amide bonds. The lowest BCUT2D eigenvalue weighted by atomic mass is 9.92. The summed E-state index contributed by atoms with van der Waals surface area (Å²) >= 11 is 0. The van der Waals surface area contributed by atoms with Crippen molar-refractivity contribution in [2.75, 3.05) is 26.3 Å². The second kappa shape index (κ2) is 6.02. The fourth-order valence-electron chi connectivity index (χ4n) is 1.98. The van der Waals surface area contributed by atoms with E-state index in [-0.39, 0.29) is 12.3 Å². The summed E-state index contributed by atoms with van der Waals surface area (Å²) in [5.74, 6) is -0.860. The highest BCUT2D eigenvalue weighted by molar-refractivity contribution is 5.66. The molecule has 0 aliphatic carbocycles. The maximum atomic E-state index is 12.2. The van der Waals surface area contributed by atoms with E-state index in [0.29, 0.717) is 32.5 Å². The van der Waals surface area contributed by atoms with Gasteiger partial charge in [-0.05, 0) is 12.8 Å². The first-order valence-electron chi connectivity index (χ1n) is 5.31. The summed E-state index contributed by atoms with van der Waals surface area (Å²) in [7, 11) is 0. The van der Waals surface area contributed by atoms with Crippen LogP contribution in [0.3, 0.4) is 0 Å². The Morgan fingerprint density at radius 1 is 1.53 bits per heavy atom. The molecule has 15 heavy (non-hydrogen) atoms. The Morgan fingerprint density at radius 3 is 2.87 bits per heavy atom. The van der Waals surface area contributed by atoms with Crippen LogP contribution in [0, 0.1) is 5.92 Å². The average Bonchev–Trinajstić information content (AvgIpc) is 2.19. The molecule has 1 fully saturated rings. The third-order valence-corrected chi connectivity index (χ3v) is 2.90. The van der Waals surface area contributed by atoms with Gasteiger partial charge in [-0.25, -0.2) is 0 Å². The minimum Gasteiger partial charge on any atom is -0.481 e. The predicted octanol–water partition coefficient (Wildman–Crippen LogP) is 0.503. The summed E-state index contributed by atoms with van der Waals surface area (Å²) in [6, 6.07) is 0. The van der Waals surface area contributed by atoms with Crippen LogP contribution in [0.25, 0.3) is 0 Å². The highest BCUT2D eigenvalue weighted by atomic mass is 19.1. The van der Waals surface area contributed by atoms with Crippen molar-refractivity contribution in [1.82, 2.24) is 4.90 Å². The molecule has 0 aromatic rings. The Morgan fingerprint density at radius 2 is 2.27 bits per heavy atom. The standard InChI is InChI=1S/C10H18FNO3/c11-4-1-8-7-12(5-2-9(8)13)6-3-10(14)15/h8-9,13H,1-7H2,(H,14,15)/t8-,9+/m1/s1. The van der Waals surface area contributed by atoms with Crippen LogP contribution >= 0.6 is 0 Å². The van der Waals surface area contributed by atoms with Gasteiger partial charge in [-0.2, -0.15) is 0 Å². The van der Waals surface area contributed by atoms with Crippen LogP contribution in [0.15, 0.2) is 0 Å². The quantitative estimate of drug-likeness (QED) is 0.707. The smallest absolute Gasteiger partial charge is 0.304 e. The first kappa shape index (κ1) is 12.4. The number of rotatable bonds is 5. The van der Waals surface area contributed by atoms with Crippen LogP contribution in [0.5, 0.6) is 0 Å². The van der Waals surface area contributed by atoms with Gasteiger partial charge in [0, 0.05) is 25.6 Å². The monoisotopic (exact) mass is 219 g/mol. The van der Waals surface area contributed by atoms with Crippen LogP contribution in [0.2, 0.25) is 0 Å². The van der Waals surface area contributed by atoms with Crippen LogP contribution in [-0.2, 0) is 4.79 Å². The molecule has 0 saturated carbocycles. The van der Waals surface area contributed by atoms with Crippen molar-refractivity contribution < 1.29 is 19.4 Å². The summed E-state index contributed by atoms with van der Waals surface area (Å²) in [5.41, 5.74) is 0. The maximum Gasteiger partial charge on any atom is 0.304 e. The molecule has 0 radical (unpaired) electrons. The third kappa shape index (κ3) is 4.13. The molecule has 5 heteroatoms. The average molecular weight is 219 g/mol. The SMILES string of the molecule is O=C(O)CCN1CC[C@H](O)[C@H](CCF)C1. The fraction of sp³-hybridized carbons (Fsp3) is 0.900. The highest BCUT2D eigenvalue weighted by Crippen LogP contribution is 2.20. The van der Waals surface area contributed by atoms with Gasteiger partial charge in [-0.1, -0.05) is 0 Å². The van der Waals surface area contributed by atoms with Gasteiger partial charge in [0.1, 0.15) is 0 Å². The van der Waals surface area contributed by atoms with Crippen molar-refractivity contribution >= 4 is 5.97 Å². The molecule has 0 bridgehead atoms. The molecular formula is C10H18FNO3. The molecule has 2 N–H and O–H groups in total. The van der Waals surface area contributed by atoms with Gasteiger partial charge in [-0.15, -0.1) is 0 Å². The zero-order chi connectivity index (χ0) is 11.3. The van der Waals surface area contributed by atoms with Crippen molar-refractivity contribution in [3.8, 4) is 0 Å². The number of carboxylic acid groups (broad SMARTS) is 1. The highest BCUT2D eigenvalue weighted by Gasteiger charge is 2.27. The molecule has 0 spiro atoms. The number of hydrogen-bond acceptors (Lipinski definition) is 3. The minimum atomic E-state index is -0.817. The Kier molecular flexibility index (Phi) is 4.98. The van der Waals surface area contributed by atoms with Gasteiger partial charge in [0.05, 0.1) is 19.2 Å². The van der Waals surface area contributed by atoms with Crippen molar-refractivity contribution in [1.29, 1.82) is 0 Å². The van der Waals surface area contributed by atoms with Crippen LogP contribution in [0.4, 0.5) is 4.39 Å². The van der Waals surface area contributed by atoms with Gasteiger partial charge in [0.25, 0.3) is 0 Å². The number of piperidine rings is 1. The Labute approximate surface area is 88.7 Å². The molecule has 88 valence electrons. The van der Waals surface area contributed by atoms with Crippen molar-refractivity contribution in [3.05, 3.63) is 0 Å². The van der Waals surface area contributed by atoms with Crippen molar-refractivity contribution in [2.45, 2.75) is 25.4 Å². The van der Waals surface area contributed by atoms with E-state index >= 15 is 0 Å². The van der Waals surface area contributed by atoms with E-state index < -0.39 is 18.7 Å². The second-order valence-electron chi connectivity index (χ2n) is 4.04. The molecule has 1 aliphatic heterocycles. The zero-order valence-electron chi connectivity index (χ0n) is 8.73. The number of alkyl halides is 1. The number of aliphatic hydroxyl groups excluding tert-OH is 1. The van der Waals surface area contributed by atoms with Crippen LogP contribution in [0.1, 0.15) is 19.3 Å². The lowest BCUT2D eigenvalue weighted by Crippen LogP contribution is -2.44. The van der Waals surface area contributed by atoms with E-state index in [2.05, 4.69) is 0 Å². The van der Waals surface area contributed by atoms with E-state index in [1.807, 2.05) is 4.90 Å². The van der Waals surface area contributed by atoms with Gasteiger partial charge < -0.3 is 15.1 Å². The fourth-order valence-corrected chi connectivity index (χ4v) is 1.98. The molecule has 0 aromatic carbocycles. The topological polar surface area (TPSA) is 60.8 Å². The largest absolute Gasteiger partial charge is 0.481 e. The molecule has 4 nitrogen and oxygen atoms in total. The number of halogens is 1. The number of nitrogens with zero attached hydrogens (tertiary/aromatic N) is 1. The molecular weight excluding hydrogens is 201 g/mol. The van der Waals surface area contributed by atoms with E-state index in [0.717, 1.165) is 0 Å². The second-order valence-corrected chi connectivity index (χ2v) is 4.04. The number of carboxylic acids is 1. The summed E-state index contributed by atoms with van der Waals surface area (Å²) in [5, 5.41) is 18.1. The number of aliphatic carboxylic acids is 1. The molecule has 0 aromatic heterocycles. The Balaban J connectivity index is 2.32. The summed E-state index contributed by atoms with van der Waals surface area (Å²) in [6.45, 7) is 1.38. The summed E-state index contributed by atoms with van der Waals surface area (Å²) in [6.07, 6.45) is 0.662. The first-order chi connectivity index (χ1) is 7.13. The number of likely N-dealkylation sites (tertiary alicyclic amines) is 1. The predicted molar refractivity (Wildman–Crippen MR) is 53.4 cm³/mol. The number of aliphatic hydroxyl groups is 1. The molecule has 1 aliphatic rings. The van der Waals surface area contributed by atoms with Crippen molar-refractivity contribution in [3.63, 3.8) is 0 Å². The maximum absolute atomic E-state index is 12.2. The van der Waals surface area contributed by atoms with E-state index in [9.17, 15) is 14.3 Å². The van der Waals surface area contributed by atoms with E-state index in [1.54, 1.807) is 0 Å². The van der Waals surface area contributed by atoms with Gasteiger partial charge in [0.2, 0.25) is 0 Å². The van der Waals surface area contributed by atoms with Gasteiger partial charge >= 0.3 is 5.97 Å². The molecule has 0 unspecified atom stereocenters. The minimum absolute atomic E-state index is 0.0439. The van der Waals surface area contributed by atoms with Crippen LogP contribution in [-0.4, -0.2) is 53.5 Å². The Bertz CT molecular complexity index is 213. The third-order valence-electron chi connectivity index (χ3n) is 2.90. The molecule has 1 saturated heterocycles. The lowest BCUT2D eigenvalue weighted by Gasteiger charge is -2.35. The van der Waals surface area contributed by atoms with E-state index in [1.165, 1.54) is 0 Å². The number of carbonyl (C=O) groups is 1. The molecule has 2 atom stereocenters. The van der Waals surface area contributed by atoms with Gasteiger partial charge in [-0.3, -0.25) is 9.18 Å². The lowest BCUT2D eigenvalue weighted by molar-refractivity contribution is -0.137. The summed E-state index contributed by atoms with van der Waals surface area (Å²) in [4.78, 5) is 12.4.